The van der Waals surface area contributed by atoms with Crippen molar-refractivity contribution >= 4 is 11.9 Å². The van der Waals surface area contributed by atoms with Gasteiger partial charge in [-0.2, -0.15) is 0 Å². The van der Waals surface area contributed by atoms with E-state index in [9.17, 15) is 9.90 Å². The van der Waals surface area contributed by atoms with Gasteiger partial charge in [0.15, 0.2) is 5.96 Å². The number of hydrogen-bond acceptors (Lipinski definition) is 4. The van der Waals surface area contributed by atoms with E-state index in [0.29, 0.717) is 24.6 Å². The first-order chi connectivity index (χ1) is 14.9. The van der Waals surface area contributed by atoms with Gasteiger partial charge in [0.2, 0.25) is 0 Å². The zero-order valence-corrected chi connectivity index (χ0v) is 18.8. The number of aliphatic hydroxyl groups excluding tert-OH is 1. The van der Waals surface area contributed by atoms with Gasteiger partial charge < -0.3 is 25.8 Å². The molecule has 0 fully saturated rings. The van der Waals surface area contributed by atoms with Crippen molar-refractivity contribution in [2.45, 2.75) is 39.4 Å². The quantitative estimate of drug-likeness (QED) is 0.346. The highest BCUT2D eigenvalue weighted by Gasteiger charge is 2.10. The number of guanidine groups is 1. The number of benzene rings is 2. The second kappa shape index (κ2) is 12.6. The molecule has 0 aliphatic heterocycles. The van der Waals surface area contributed by atoms with E-state index in [1.807, 2.05) is 63.2 Å². The van der Waals surface area contributed by atoms with Crippen LogP contribution >= 0.6 is 0 Å². The average Bonchev–Trinajstić information content (AvgIpc) is 2.76. The van der Waals surface area contributed by atoms with Gasteiger partial charge in [-0.05, 0) is 62.6 Å². The lowest BCUT2D eigenvalue weighted by atomic mass is 10.1. The number of ether oxygens (including phenoxy) is 1. The van der Waals surface area contributed by atoms with Gasteiger partial charge in [-0.15, -0.1) is 0 Å². The van der Waals surface area contributed by atoms with Crippen LogP contribution in [0.5, 0.6) is 5.75 Å². The Morgan fingerprint density at radius 1 is 1.13 bits per heavy atom. The Hall–Kier alpha value is -3.06. The maximum absolute atomic E-state index is 11.8. The van der Waals surface area contributed by atoms with E-state index < -0.39 is 6.10 Å². The van der Waals surface area contributed by atoms with Crippen LogP contribution in [0.25, 0.3) is 0 Å². The first kappa shape index (κ1) is 24.2. The molecule has 0 aromatic heterocycles. The molecule has 0 saturated carbocycles. The lowest BCUT2D eigenvalue weighted by Gasteiger charge is -2.15. The summed E-state index contributed by atoms with van der Waals surface area (Å²) in [4.78, 5) is 16.3. The van der Waals surface area contributed by atoms with Crippen LogP contribution < -0.4 is 20.7 Å². The number of carbonyl (C=O) groups is 1. The number of carbonyl (C=O) groups excluding carboxylic acids is 1. The van der Waals surface area contributed by atoms with Crippen LogP contribution in [0.3, 0.4) is 0 Å². The Kier molecular flexibility index (Phi) is 9.84. The van der Waals surface area contributed by atoms with E-state index in [2.05, 4.69) is 20.9 Å². The molecule has 2 aromatic rings. The largest absolute Gasteiger partial charge is 0.491 e. The van der Waals surface area contributed by atoms with Crippen molar-refractivity contribution in [1.82, 2.24) is 16.0 Å². The Labute approximate surface area is 184 Å². The molecule has 2 aromatic carbocycles. The number of aliphatic imine (C=N–C) groups is 1. The molecule has 0 bridgehead atoms. The van der Waals surface area contributed by atoms with Crippen LogP contribution in [-0.4, -0.2) is 49.8 Å². The summed E-state index contributed by atoms with van der Waals surface area (Å²) in [5.41, 5.74) is 2.47. The van der Waals surface area contributed by atoms with Crippen molar-refractivity contribution in [3.63, 3.8) is 0 Å². The normalized spacial score (nSPS) is 12.4. The highest BCUT2D eigenvalue weighted by molar-refractivity contribution is 5.94. The highest BCUT2D eigenvalue weighted by Crippen LogP contribution is 2.20. The summed E-state index contributed by atoms with van der Waals surface area (Å²) in [6, 6.07) is 15.0. The van der Waals surface area contributed by atoms with Crippen LogP contribution in [0.2, 0.25) is 0 Å². The zero-order chi connectivity index (χ0) is 22.6. The van der Waals surface area contributed by atoms with E-state index in [0.717, 1.165) is 23.3 Å². The van der Waals surface area contributed by atoms with Crippen molar-refractivity contribution < 1.29 is 14.6 Å². The van der Waals surface area contributed by atoms with Gasteiger partial charge in [-0.3, -0.25) is 9.79 Å². The molecule has 7 heteroatoms. The molecule has 0 aliphatic rings. The topological polar surface area (TPSA) is 95.0 Å². The fraction of sp³-hybridized carbons (Fsp3) is 0.417. The molecule has 0 saturated heterocycles. The third-order valence-electron chi connectivity index (χ3n) is 4.50. The Bertz CT molecular complexity index is 867. The first-order valence-corrected chi connectivity index (χ1v) is 10.7. The number of rotatable bonds is 10. The molecule has 0 radical (unpaired) electrons. The fourth-order valence-electron chi connectivity index (χ4n) is 3.03. The minimum atomic E-state index is -0.726. The van der Waals surface area contributed by atoms with Crippen molar-refractivity contribution in [1.29, 1.82) is 0 Å². The number of nitrogens with one attached hydrogen (secondary N) is 3. The van der Waals surface area contributed by atoms with Gasteiger partial charge in [-0.1, -0.05) is 24.3 Å². The van der Waals surface area contributed by atoms with Crippen molar-refractivity contribution in [3.8, 4) is 5.75 Å². The molecule has 1 unspecified atom stereocenters. The van der Waals surface area contributed by atoms with Crippen molar-refractivity contribution in [2.75, 3.05) is 26.7 Å². The Morgan fingerprint density at radius 2 is 1.90 bits per heavy atom. The molecule has 0 aliphatic carbocycles. The summed E-state index contributed by atoms with van der Waals surface area (Å²) in [5, 5.41) is 19.7. The molecule has 0 heterocycles. The summed E-state index contributed by atoms with van der Waals surface area (Å²) in [5.74, 6) is 1.28. The Balaban J connectivity index is 1.93. The molecule has 1 atom stereocenters. The molecule has 31 heavy (non-hydrogen) atoms. The molecule has 2 rings (SSSR count). The predicted molar refractivity (Wildman–Crippen MR) is 125 cm³/mol. The van der Waals surface area contributed by atoms with Crippen LogP contribution in [-0.2, 0) is 6.42 Å². The van der Waals surface area contributed by atoms with Gasteiger partial charge in [0.05, 0.1) is 18.8 Å². The molecule has 168 valence electrons. The first-order valence-electron chi connectivity index (χ1n) is 10.7. The summed E-state index contributed by atoms with van der Waals surface area (Å²) >= 11 is 0. The third-order valence-corrected chi connectivity index (χ3v) is 4.50. The maximum atomic E-state index is 11.8. The lowest BCUT2D eigenvalue weighted by Crippen LogP contribution is -2.38. The van der Waals surface area contributed by atoms with Gasteiger partial charge in [0, 0.05) is 25.7 Å². The van der Waals surface area contributed by atoms with Gasteiger partial charge >= 0.3 is 0 Å². The number of aliphatic hydroxyl groups is 1. The maximum Gasteiger partial charge on any atom is 0.251 e. The van der Waals surface area contributed by atoms with Crippen LogP contribution in [0.4, 0.5) is 0 Å². The van der Waals surface area contributed by atoms with E-state index in [-0.39, 0.29) is 18.6 Å². The third kappa shape index (κ3) is 8.30. The summed E-state index contributed by atoms with van der Waals surface area (Å²) in [6.45, 7) is 7.52. The molecule has 0 spiro atoms. The lowest BCUT2D eigenvalue weighted by molar-refractivity contribution is 0.0963. The SMILES string of the molecule is CCNC(=NCC(O)c1cccc(OC(C)C)c1)NCCc1cccc(C(=O)NC)c1. The molecule has 4 N–H and O–H groups in total. The molecule has 7 nitrogen and oxygen atoms in total. The fourth-order valence-corrected chi connectivity index (χ4v) is 3.03. The van der Waals surface area contributed by atoms with Gasteiger partial charge in [0.1, 0.15) is 5.75 Å². The average molecular weight is 427 g/mol. The standard InChI is InChI=1S/C24H34N4O3/c1-5-26-24(27-13-12-18-8-6-10-20(14-18)23(30)25-4)28-16-22(29)19-9-7-11-21(15-19)31-17(2)3/h6-11,14-15,17,22,29H,5,12-13,16H2,1-4H3,(H,25,30)(H2,26,27,28). The number of amides is 1. The van der Waals surface area contributed by atoms with Crippen LogP contribution in [0, 0.1) is 0 Å². The summed E-state index contributed by atoms with van der Waals surface area (Å²) < 4.78 is 5.70. The monoisotopic (exact) mass is 426 g/mol. The van der Waals surface area contributed by atoms with Gasteiger partial charge in [0.25, 0.3) is 5.91 Å². The summed E-state index contributed by atoms with van der Waals surface area (Å²) in [7, 11) is 1.62. The highest BCUT2D eigenvalue weighted by atomic mass is 16.5. The van der Waals surface area contributed by atoms with Crippen molar-refractivity contribution in [3.05, 3.63) is 65.2 Å². The molecule has 1 amide bonds. The van der Waals surface area contributed by atoms with Gasteiger partial charge in [-0.25, -0.2) is 0 Å². The Morgan fingerprint density at radius 3 is 2.61 bits per heavy atom. The van der Waals surface area contributed by atoms with E-state index in [4.69, 9.17) is 4.74 Å². The predicted octanol–water partition coefficient (Wildman–Crippen LogP) is 2.66. The van der Waals surface area contributed by atoms with E-state index in [1.165, 1.54) is 0 Å². The number of hydrogen-bond donors (Lipinski definition) is 4. The minimum absolute atomic E-state index is 0.0759. The second-order valence-electron chi connectivity index (χ2n) is 7.43. The smallest absolute Gasteiger partial charge is 0.251 e. The van der Waals surface area contributed by atoms with Crippen LogP contribution in [0.1, 0.15) is 48.4 Å². The molecular formula is C24H34N4O3. The van der Waals surface area contributed by atoms with Crippen molar-refractivity contribution in [2.24, 2.45) is 4.99 Å². The minimum Gasteiger partial charge on any atom is -0.491 e. The van der Waals surface area contributed by atoms with Crippen LogP contribution in [0.15, 0.2) is 53.5 Å². The molecular weight excluding hydrogens is 392 g/mol. The zero-order valence-electron chi connectivity index (χ0n) is 18.8. The number of nitrogens with zero attached hydrogens (tertiary/aromatic N) is 1. The van der Waals surface area contributed by atoms with E-state index >= 15 is 0 Å². The second-order valence-corrected chi connectivity index (χ2v) is 7.43. The summed E-state index contributed by atoms with van der Waals surface area (Å²) in [6.07, 6.45) is 0.0919. The van der Waals surface area contributed by atoms with E-state index in [1.54, 1.807) is 13.1 Å².